The first-order chi connectivity index (χ1) is 13.2. The maximum atomic E-state index is 14.4. The zero-order valence-electron chi connectivity index (χ0n) is 14.9. The van der Waals surface area contributed by atoms with Crippen LogP contribution in [0, 0.1) is 5.82 Å². The number of hydrogen-bond acceptors (Lipinski definition) is 4. The van der Waals surface area contributed by atoms with Crippen molar-refractivity contribution >= 4 is 5.91 Å². The van der Waals surface area contributed by atoms with E-state index in [1.807, 2.05) is 24.3 Å². The summed E-state index contributed by atoms with van der Waals surface area (Å²) < 4.78 is 21.3. The largest absolute Gasteiger partial charge is 0.496 e. The summed E-state index contributed by atoms with van der Waals surface area (Å²) in [7, 11) is 1.62. The molecule has 1 aromatic heterocycles. The van der Waals surface area contributed by atoms with E-state index < -0.39 is 0 Å². The second-order valence-corrected chi connectivity index (χ2v) is 6.44. The number of amides is 1. The number of nitrogens with one attached hydrogen (secondary N) is 1. The molecule has 0 radical (unpaired) electrons. The first-order valence-corrected chi connectivity index (χ1v) is 8.75. The minimum atomic E-state index is -0.384. The van der Waals surface area contributed by atoms with Crippen LogP contribution in [0.1, 0.15) is 29.6 Å². The van der Waals surface area contributed by atoms with Crippen LogP contribution in [0.25, 0.3) is 5.69 Å². The lowest BCUT2D eigenvalue weighted by Gasteiger charge is -2.10. The third-order valence-electron chi connectivity index (χ3n) is 4.64. The molecular formula is C20H19FN4O2. The van der Waals surface area contributed by atoms with Gasteiger partial charge < -0.3 is 10.1 Å². The Bertz CT molecular complexity index is 986. The molecule has 2 aromatic carbocycles. The summed E-state index contributed by atoms with van der Waals surface area (Å²) in [5.74, 6) is 1.33. The third-order valence-corrected chi connectivity index (χ3v) is 4.64. The van der Waals surface area contributed by atoms with Crippen molar-refractivity contribution in [1.82, 2.24) is 20.1 Å². The van der Waals surface area contributed by atoms with Crippen LogP contribution in [-0.4, -0.2) is 34.3 Å². The minimum Gasteiger partial charge on any atom is -0.496 e. The molecule has 1 fully saturated rings. The van der Waals surface area contributed by atoms with Gasteiger partial charge in [0.2, 0.25) is 5.91 Å². The number of ether oxygens (including phenoxy) is 1. The Balaban J connectivity index is 1.76. The molecule has 0 saturated carbocycles. The summed E-state index contributed by atoms with van der Waals surface area (Å²) in [6, 6.07) is 14.1. The van der Waals surface area contributed by atoms with Crippen LogP contribution in [0.3, 0.4) is 0 Å². The topological polar surface area (TPSA) is 69.0 Å². The number of aromatic nitrogens is 3. The van der Waals surface area contributed by atoms with E-state index in [1.165, 1.54) is 10.7 Å². The van der Waals surface area contributed by atoms with Crippen molar-refractivity contribution in [3.05, 3.63) is 71.6 Å². The van der Waals surface area contributed by atoms with Crippen LogP contribution >= 0.6 is 0 Å². The van der Waals surface area contributed by atoms with Crippen molar-refractivity contribution in [2.45, 2.75) is 18.8 Å². The first kappa shape index (κ1) is 17.2. The maximum Gasteiger partial charge on any atom is 0.220 e. The van der Waals surface area contributed by atoms with Gasteiger partial charge in [-0.15, -0.1) is 0 Å². The molecule has 1 N–H and O–H groups in total. The number of rotatable bonds is 5. The Morgan fingerprint density at radius 1 is 1.22 bits per heavy atom. The standard InChI is InChI=1S/C20H19FN4O2/c1-27-17-9-5-2-6-13(17)10-18-23-20(14-11-19(26)22-12-14)25(24-18)16-8-4-3-7-15(16)21/h2-9,14H,10-12H2,1H3,(H,22,26)/t14-/m0/s1. The minimum absolute atomic E-state index is 0.0330. The Hall–Kier alpha value is -3.22. The molecule has 0 spiro atoms. The zero-order valence-corrected chi connectivity index (χ0v) is 14.9. The Morgan fingerprint density at radius 3 is 2.74 bits per heavy atom. The van der Waals surface area contributed by atoms with Gasteiger partial charge in [-0.2, -0.15) is 5.10 Å². The van der Waals surface area contributed by atoms with E-state index in [9.17, 15) is 9.18 Å². The summed E-state index contributed by atoms with van der Waals surface area (Å²) in [5, 5.41) is 7.36. The summed E-state index contributed by atoms with van der Waals surface area (Å²) in [5.41, 5.74) is 1.27. The van der Waals surface area contributed by atoms with Crippen molar-refractivity contribution in [3.8, 4) is 11.4 Å². The van der Waals surface area contributed by atoms with Crippen LogP contribution in [-0.2, 0) is 11.2 Å². The van der Waals surface area contributed by atoms with Crippen molar-refractivity contribution in [1.29, 1.82) is 0 Å². The number of halogens is 1. The monoisotopic (exact) mass is 366 g/mol. The molecule has 1 atom stereocenters. The van der Waals surface area contributed by atoms with Gasteiger partial charge in [-0.25, -0.2) is 14.1 Å². The van der Waals surface area contributed by atoms with E-state index in [4.69, 9.17) is 4.74 Å². The molecule has 138 valence electrons. The van der Waals surface area contributed by atoms with Crippen LogP contribution < -0.4 is 10.1 Å². The summed E-state index contributed by atoms with van der Waals surface area (Å²) in [4.78, 5) is 16.3. The average molecular weight is 366 g/mol. The van der Waals surface area contributed by atoms with Crippen molar-refractivity contribution < 1.29 is 13.9 Å². The highest BCUT2D eigenvalue weighted by atomic mass is 19.1. The van der Waals surface area contributed by atoms with Crippen LogP contribution in [0.2, 0.25) is 0 Å². The van der Waals surface area contributed by atoms with Crippen LogP contribution in [0.5, 0.6) is 5.75 Å². The Morgan fingerprint density at radius 2 is 2.00 bits per heavy atom. The fourth-order valence-corrected chi connectivity index (χ4v) is 3.32. The van der Waals surface area contributed by atoms with E-state index in [0.717, 1.165) is 11.3 Å². The van der Waals surface area contributed by atoms with Gasteiger partial charge in [-0.05, 0) is 18.2 Å². The van der Waals surface area contributed by atoms with E-state index in [2.05, 4.69) is 15.4 Å². The fourth-order valence-electron chi connectivity index (χ4n) is 3.32. The molecule has 1 aliphatic heterocycles. The highest BCUT2D eigenvalue weighted by Gasteiger charge is 2.29. The molecule has 3 aromatic rings. The molecule has 7 heteroatoms. The van der Waals surface area contributed by atoms with Crippen molar-refractivity contribution in [2.24, 2.45) is 0 Å². The van der Waals surface area contributed by atoms with Gasteiger partial charge in [0.1, 0.15) is 23.1 Å². The zero-order chi connectivity index (χ0) is 18.8. The highest BCUT2D eigenvalue weighted by molar-refractivity contribution is 5.79. The molecule has 0 aliphatic carbocycles. The van der Waals surface area contributed by atoms with Crippen LogP contribution in [0.15, 0.2) is 48.5 Å². The lowest BCUT2D eigenvalue weighted by molar-refractivity contribution is -0.119. The molecule has 1 saturated heterocycles. The fraction of sp³-hybridized carbons (Fsp3) is 0.250. The van der Waals surface area contributed by atoms with Crippen molar-refractivity contribution in [2.75, 3.05) is 13.7 Å². The second-order valence-electron chi connectivity index (χ2n) is 6.44. The molecule has 27 heavy (non-hydrogen) atoms. The summed E-state index contributed by atoms with van der Waals surface area (Å²) >= 11 is 0. The number of para-hydroxylation sites is 2. The number of methoxy groups -OCH3 is 1. The van der Waals surface area contributed by atoms with E-state index in [-0.39, 0.29) is 17.6 Å². The quantitative estimate of drug-likeness (QED) is 0.754. The highest BCUT2D eigenvalue weighted by Crippen LogP contribution is 2.27. The molecule has 2 heterocycles. The predicted octanol–water partition coefficient (Wildman–Crippen LogP) is 2.61. The summed E-state index contributed by atoms with van der Waals surface area (Å²) in [6.07, 6.45) is 0.772. The third kappa shape index (κ3) is 3.40. The molecule has 0 bridgehead atoms. The molecule has 0 unspecified atom stereocenters. The molecule has 1 aliphatic rings. The predicted molar refractivity (Wildman–Crippen MR) is 97.5 cm³/mol. The number of nitrogens with zero attached hydrogens (tertiary/aromatic N) is 3. The average Bonchev–Trinajstić information content (AvgIpc) is 3.29. The van der Waals surface area contributed by atoms with Gasteiger partial charge in [-0.1, -0.05) is 30.3 Å². The molecule has 6 nitrogen and oxygen atoms in total. The Kier molecular flexibility index (Phi) is 4.58. The Labute approximate surface area is 156 Å². The van der Waals surface area contributed by atoms with Crippen LogP contribution in [0.4, 0.5) is 4.39 Å². The van der Waals surface area contributed by atoms with Gasteiger partial charge in [0.15, 0.2) is 5.82 Å². The van der Waals surface area contributed by atoms with Gasteiger partial charge in [0.25, 0.3) is 0 Å². The van der Waals surface area contributed by atoms with E-state index in [1.54, 1.807) is 25.3 Å². The summed E-state index contributed by atoms with van der Waals surface area (Å²) in [6.45, 7) is 0.472. The SMILES string of the molecule is COc1ccccc1Cc1nc([C@@H]2CNC(=O)C2)n(-c2ccccc2F)n1. The second kappa shape index (κ2) is 7.19. The smallest absolute Gasteiger partial charge is 0.220 e. The number of benzene rings is 2. The van der Waals surface area contributed by atoms with Crippen molar-refractivity contribution in [3.63, 3.8) is 0 Å². The number of carbonyl (C=O) groups is 1. The van der Waals surface area contributed by atoms with Gasteiger partial charge in [-0.3, -0.25) is 4.79 Å². The maximum absolute atomic E-state index is 14.4. The first-order valence-electron chi connectivity index (χ1n) is 8.75. The molecule has 4 rings (SSSR count). The molecular weight excluding hydrogens is 347 g/mol. The van der Waals surface area contributed by atoms with Gasteiger partial charge in [0, 0.05) is 30.9 Å². The van der Waals surface area contributed by atoms with Gasteiger partial charge >= 0.3 is 0 Å². The van der Waals surface area contributed by atoms with Gasteiger partial charge in [0.05, 0.1) is 7.11 Å². The number of carbonyl (C=O) groups excluding carboxylic acids is 1. The number of hydrogen-bond donors (Lipinski definition) is 1. The lowest BCUT2D eigenvalue weighted by Crippen LogP contribution is -2.15. The normalized spacial score (nSPS) is 16.4. The van der Waals surface area contributed by atoms with E-state index >= 15 is 0 Å². The lowest BCUT2D eigenvalue weighted by atomic mass is 10.1. The van der Waals surface area contributed by atoms with E-state index in [0.29, 0.717) is 36.7 Å². The molecule has 1 amide bonds.